The van der Waals surface area contributed by atoms with Crippen LogP contribution in [0.5, 0.6) is 5.75 Å². The Labute approximate surface area is 402 Å². The van der Waals surface area contributed by atoms with Gasteiger partial charge in [-0.2, -0.15) is 10.5 Å². The first kappa shape index (κ1) is 48.0. The molecule has 0 aliphatic rings. The summed E-state index contributed by atoms with van der Waals surface area (Å²) in [5.41, 5.74) is 7.77. The monoisotopic (exact) mass is 955 g/mol. The predicted molar refractivity (Wildman–Crippen MR) is 265 cm³/mol. The van der Waals surface area contributed by atoms with Gasteiger partial charge in [-0.1, -0.05) is 127 Å². The number of anilines is 1. The van der Waals surface area contributed by atoms with Crippen molar-refractivity contribution in [2.45, 2.75) is 21.5 Å². The number of furan rings is 1. The number of nitriles is 2. The first-order chi connectivity index (χ1) is 33.0. The van der Waals surface area contributed by atoms with Gasteiger partial charge in [-0.15, -0.1) is 0 Å². The third-order valence-electron chi connectivity index (χ3n) is 10.0. The second-order valence-electron chi connectivity index (χ2n) is 14.6. The Bertz CT molecular complexity index is 3200. The van der Waals surface area contributed by atoms with Gasteiger partial charge in [0.25, 0.3) is 0 Å². The molecule has 68 heavy (non-hydrogen) atoms. The third-order valence-corrected chi connectivity index (χ3v) is 12.9. The number of hydrogen-bond acceptors (Lipinski definition) is 12. The highest BCUT2D eigenvalue weighted by molar-refractivity contribution is 8.00. The zero-order chi connectivity index (χ0) is 47.9. The molecule has 2 amide bonds. The SMILES string of the molecule is COc1ccc(-c2cc(-c3ccccc3)nc(SCC(=O)NCc3ccco3)c2C#N)cc1.N#Cc1c(-c2ccccc2)cc(-c2ccccc2)nc1SCC(=O)Nc1ccc(S(N)(=O)=O)cc1. The molecule has 0 spiro atoms. The first-order valence-corrected chi connectivity index (χ1v) is 24.2. The number of methoxy groups -OCH3 is 1. The van der Waals surface area contributed by atoms with Crippen molar-refractivity contribution in [1.82, 2.24) is 15.3 Å². The van der Waals surface area contributed by atoms with E-state index in [0.717, 1.165) is 56.6 Å². The summed E-state index contributed by atoms with van der Waals surface area (Å²) in [4.78, 5) is 34.4. The van der Waals surface area contributed by atoms with Crippen LogP contribution in [-0.4, -0.2) is 48.8 Å². The zero-order valence-electron chi connectivity index (χ0n) is 36.3. The smallest absolute Gasteiger partial charge is 0.238 e. The highest BCUT2D eigenvalue weighted by Gasteiger charge is 2.19. The molecule has 5 aromatic carbocycles. The fourth-order valence-electron chi connectivity index (χ4n) is 6.67. The van der Waals surface area contributed by atoms with Gasteiger partial charge in [0.2, 0.25) is 21.8 Å². The van der Waals surface area contributed by atoms with E-state index in [2.05, 4.69) is 22.8 Å². The molecule has 3 heterocycles. The van der Waals surface area contributed by atoms with Crippen molar-refractivity contribution in [2.75, 3.05) is 23.9 Å². The number of benzene rings is 5. The Morgan fingerprint density at radius 2 is 1.13 bits per heavy atom. The molecule has 4 N–H and O–H groups in total. The molecular weight excluding hydrogens is 915 g/mol. The number of nitrogens with zero attached hydrogens (tertiary/aromatic N) is 4. The van der Waals surface area contributed by atoms with Gasteiger partial charge < -0.3 is 19.8 Å². The molecule has 0 aliphatic heterocycles. The number of carbonyl (C=O) groups excluding carboxylic acids is 2. The van der Waals surface area contributed by atoms with E-state index < -0.39 is 10.0 Å². The number of nitrogens with one attached hydrogen (secondary N) is 2. The fourth-order valence-corrected chi connectivity index (χ4v) is 8.82. The minimum absolute atomic E-state index is 0.00505. The van der Waals surface area contributed by atoms with Crippen LogP contribution in [0.15, 0.2) is 189 Å². The lowest BCUT2D eigenvalue weighted by atomic mass is 9.99. The second kappa shape index (κ2) is 23.0. The molecule has 8 rings (SSSR count). The summed E-state index contributed by atoms with van der Waals surface area (Å²) >= 11 is 2.40. The molecule has 0 unspecified atom stereocenters. The predicted octanol–water partition coefficient (Wildman–Crippen LogP) is 9.96. The summed E-state index contributed by atoms with van der Waals surface area (Å²) in [6.07, 6.45) is 1.56. The van der Waals surface area contributed by atoms with Gasteiger partial charge in [0.1, 0.15) is 33.7 Å². The third kappa shape index (κ3) is 12.7. The van der Waals surface area contributed by atoms with Crippen LogP contribution in [0.3, 0.4) is 0 Å². The molecule has 8 aromatic rings. The molecule has 16 heteroatoms. The quantitative estimate of drug-likeness (QED) is 0.0819. The maximum atomic E-state index is 12.6. The lowest BCUT2D eigenvalue weighted by Crippen LogP contribution is -2.24. The molecule has 0 fully saturated rings. The van der Waals surface area contributed by atoms with E-state index in [0.29, 0.717) is 44.9 Å². The minimum atomic E-state index is -3.81. The summed E-state index contributed by atoms with van der Waals surface area (Å²) in [5.74, 6) is 1.05. The second-order valence-corrected chi connectivity index (χ2v) is 18.1. The summed E-state index contributed by atoms with van der Waals surface area (Å²) < 4.78 is 33.3. The number of rotatable bonds is 15. The minimum Gasteiger partial charge on any atom is -0.497 e. The number of aromatic nitrogens is 2. The lowest BCUT2D eigenvalue weighted by Gasteiger charge is -2.13. The first-order valence-electron chi connectivity index (χ1n) is 20.7. The van der Waals surface area contributed by atoms with E-state index in [9.17, 15) is 28.5 Å². The highest BCUT2D eigenvalue weighted by atomic mass is 32.2. The average Bonchev–Trinajstić information content (AvgIpc) is 3.91. The zero-order valence-corrected chi connectivity index (χ0v) is 38.8. The number of carbonyl (C=O) groups is 2. The van der Waals surface area contributed by atoms with Gasteiger partial charge in [-0.3, -0.25) is 9.59 Å². The van der Waals surface area contributed by atoms with Crippen LogP contribution in [-0.2, 0) is 26.2 Å². The maximum Gasteiger partial charge on any atom is 0.238 e. The van der Waals surface area contributed by atoms with Gasteiger partial charge in [-0.05, 0) is 71.8 Å². The molecule has 338 valence electrons. The van der Waals surface area contributed by atoms with Crippen LogP contribution in [0.2, 0.25) is 0 Å². The summed E-state index contributed by atoms with van der Waals surface area (Å²) in [7, 11) is -2.20. The van der Waals surface area contributed by atoms with Crippen molar-refractivity contribution in [3.05, 3.63) is 187 Å². The molecule has 3 aromatic heterocycles. The Morgan fingerprint density at radius 1 is 0.647 bits per heavy atom. The van der Waals surface area contributed by atoms with E-state index in [-0.39, 0.29) is 28.2 Å². The Kier molecular flexibility index (Phi) is 16.2. The number of sulfonamides is 1. The van der Waals surface area contributed by atoms with Crippen molar-refractivity contribution in [1.29, 1.82) is 10.5 Å². The van der Waals surface area contributed by atoms with Crippen LogP contribution < -0.4 is 20.5 Å². The molecule has 0 bridgehead atoms. The van der Waals surface area contributed by atoms with Crippen molar-refractivity contribution in [3.63, 3.8) is 0 Å². The van der Waals surface area contributed by atoms with Crippen molar-refractivity contribution >= 4 is 51.0 Å². The van der Waals surface area contributed by atoms with E-state index in [4.69, 9.17) is 24.3 Å². The Morgan fingerprint density at radius 3 is 1.59 bits per heavy atom. The number of amides is 2. The average molecular weight is 956 g/mol. The number of primary sulfonamides is 1. The molecule has 0 saturated heterocycles. The number of thioether (sulfide) groups is 2. The van der Waals surface area contributed by atoms with Crippen LogP contribution in [0.4, 0.5) is 5.69 Å². The fraction of sp³-hybridized carbons (Fsp3) is 0.0769. The van der Waals surface area contributed by atoms with Gasteiger partial charge in [0.15, 0.2) is 0 Å². The van der Waals surface area contributed by atoms with E-state index in [1.165, 1.54) is 36.0 Å². The van der Waals surface area contributed by atoms with Crippen LogP contribution in [0.25, 0.3) is 44.8 Å². The molecular formula is C52H41N7O6S3. The van der Waals surface area contributed by atoms with Gasteiger partial charge >= 0.3 is 0 Å². The molecule has 0 aliphatic carbocycles. The lowest BCUT2D eigenvalue weighted by molar-refractivity contribution is -0.118. The Balaban J connectivity index is 0.000000202. The molecule has 0 saturated carbocycles. The van der Waals surface area contributed by atoms with Crippen LogP contribution in [0.1, 0.15) is 16.9 Å². The topological polar surface area (TPSA) is 214 Å². The maximum absolute atomic E-state index is 12.6. The summed E-state index contributed by atoms with van der Waals surface area (Å²) in [5, 5.41) is 31.5. The van der Waals surface area contributed by atoms with Crippen molar-refractivity contribution in [3.8, 4) is 62.7 Å². The van der Waals surface area contributed by atoms with Gasteiger partial charge in [0, 0.05) is 27.9 Å². The Hall–Kier alpha value is -7.99. The standard InChI is InChI=1S/C26H20N4O3S2.C26H21N3O3S/c27-16-23-22(18-7-3-1-4-8-18)15-24(19-9-5-2-6-10-19)30-26(23)34-17-25(31)29-20-11-13-21(14-12-20)35(28,32)33;1-31-20-11-9-18(10-12-20)22-14-24(19-6-3-2-4-7-19)29-26(23(22)15-27)33-17-25(30)28-16-21-8-5-13-32-21/h1-15H,17H2,(H,29,31)(H2,28,32,33);2-14H,16-17H2,1H3,(H,28,30). The van der Waals surface area contributed by atoms with E-state index in [1.807, 2.05) is 127 Å². The van der Waals surface area contributed by atoms with Crippen LogP contribution in [0, 0.1) is 22.7 Å². The molecule has 0 radical (unpaired) electrons. The molecule has 0 atom stereocenters. The normalized spacial score (nSPS) is 10.7. The van der Waals surface area contributed by atoms with Crippen molar-refractivity contribution < 1.29 is 27.2 Å². The van der Waals surface area contributed by atoms with E-state index in [1.54, 1.807) is 25.5 Å². The number of hydrogen-bond donors (Lipinski definition) is 3. The largest absolute Gasteiger partial charge is 0.497 e. The van der Waals surface area contributed by atoms with Gasteiger partial charge in [0.05, 0.1) is 58.8 Å². The summed E-state index contributed by atoms with van der Waals surface area (Å²) in [6.45, 7) is 0.312. The summed E-state index contributed by atoms with van der Waals surface area (Å²) in [6, 6.07) is 54.0. The van der Waals surface area contributed by atoms with Crippen LogP contribution >= 0.6 is 23.5 Å². The highest BCUT2D eigenvalue weighted by Crippen LogP contribution is 2.36. The van der Waals surface area contributed by atoms with Crippen molar-refractivity contribution in [2.24, 2.45) is 5.14 Å². The number of nitrogens with two attached hydrogens (primary N) is 1. The van der Waals surface area contributed by atoms with E-state index >= 15 is 0 Å². The molecule has 13 nitrogen and oxygen atoms in total. The number of ether oxygens (including phenoxy) is 1. The van der Waals surface area contributed by atoms with Gasteiger partial charge in [-0.25, -0.2) is 23.5 Å². The number of pyridine rings is 2.